The van der Waals surface area contributed by atoms with Gasteiger partial charge in [-0.05, 0) is 37.8 Å². The Hall–Kier alpha value is -1.95. The molecule has 2 fully saturated rings. The number of piperidine rings is 1. The second-order valence-corrected chi connectivity index (χ2v) is 7.60. The van der Waals surface area contributed by atoms with Crippen LogP contribution < -0.4 is 0 Å². The van der Waals surface area contributed by atoms with Gasteiger partial charge in [-0.25, -0.2) is 4.98 Å². The lowest BCUT2D eigenvalue weighted by molar-refractivity contribution is -0.141. The van der Waals surface area contributed by atoms with Crippen LogP contribution in [-0.2, 0) is 9.59 Å². The highest BCUT2D eigenvalue weighted by Crippen LogP contribution is 2.35. The van der Waals surface area contributed by atoms with Gasteiger partial charge < -0.3 is 9.80 Å². The van der Waals surface area contributed by atoms with Crippen molar-refractivity contribution in [2.75, 3.05) is 19.6 Å². The third-order valence-corrected chi connectivity index (χ3v) is 6.05. The summed E-state index contributed by atoms with van der Waals surface area (Å²) in [6.07, 6.45) is 4.55. The lowest BCUT2D eigenvalue weighted by atomic mass is 10.0. The first-order valence-electron chi connectivity index (χ1n) is 8.65. The van der Waals surface area contributed by atoms with Crippen LogP contribution in [0.2, 0.25) is 0 Å². The number of likely N-dealkylation sites (tertiary alicyclic amines) is 2. The fraction of sp³-hybridized carbons (Fsp3) is 0.500. The summed E-state index contributed by atoms with van der Waals surface area (Å²) in [6, 6.07) is 8.17. The Bertz CT molecular complexity index is 739. The van der Waals surface area contributed by atoms with Gasteiger partial charge in [0.05, 0.1) is 22.8 Å². The van der Waals surface area contributed by atoms with Crippen molar-refractivity contribution in [3.8, 4) is 0 Å². The van der Waals surface area contributed by atoms with E-state index in [9.17, 15) is 9.59 Å². The zero-order valence-corrected chi connectivity index (χ0v) is 14.4. The molecule has 1 aromatic heterocycles. The number of para-hydroxylation sites is 1. The van der Waals surface area contributed by atoms with Gasteiger partial charge in [-0.3, -0.25) is 9.59 Å². The first-order chi connectivity index (χ1) is 11.7. The number of nitrogens with zero attached hydrogens (tertiary/aromatic N) is 3. The minimum atomic E-state index is 0.0568. The number of hydrogen-bond acceptors (Lipinski definition) is 4. The minimum Gasteiger partial charge on any atom is -0.333 e. The molecule has 1 aromatic carbocycles. The molecule has 0 N–H and O–H groups in total. The van der Waals surface area contributed by atoms with Gasteiger partial charge in [0.15, 0.2) is 0 Å². The summed E-state index contributed by atoms with van der Waals surface area (Å²) in [5.41, 5.74) is 1.00. The second-order valence-electron chi connectivity index (χ2n) is 6.54. The topological polar surface area (TPSA) is 53.5 Å². The van der Waals surface area contributed by atoms with E-state index >= 15 is 0 Å². The SMILES string of the molecule is O=C1CCCN1CC(=O)N1CCCC[C@H]1c1nc2ccccc2s1. The summed E-state index contributed by atoms with van der Waals surface area (Å²) in [6.45, 7) is 1.70. The van der Waals surface area contributed by atoms with Crippen LogP contribution >= 0.6 is 11.3 Å². The molecule has 2 saturated heterocycles. The first-order valence-corrected chi connectivity index (χ1v) is 9.47. The number of amides is 2. The molecule has 2 amide bonds. The Kier molecular flexibility index (Phi) is 4.22. The number of benzene rings is 1. The van der Waals surface area contributed by atoms with Gasteiger partial charge in [0.25, 0.3) is 0 Å². The summed E-state index contributed by atoms with van der Waals surface area (Å²) in [4.78, 5) is 33.0. The molecule has 0 spiro atoms. The predicted molar refractivity (Wildman–Crippen MR) is 93.7 cm³/mol. The summed E-state index contributed by atoms with van der Waals surface area (Å²) in [5.74, 6) is 0.172. The number of carbonyl (C=O) groups excluding carboxylic acids is 2. The number of fused-ring (bicyclic) bond motifs is 1. The van der Waals surface area contributed by atoms with Crippen molar-refractivity contribution in [2.24, 2.45) is 0 Å². The van der Waals surface area contributed by atoms with E-state index in [1.807, 2.05) is 23.1 Å². The second kappa shape index (κ2) is 6.51. The lowest BCUT2D eigenvalue weighted by Gasteiger charge is -2.35. The van der Waals surface area contributed by atoms with Crippen LogP contribution in [0.3, 0.4) is 0 Å². The Morgan fingerprint density at radius 2 is 2.08 bits per heavy atom. The minimum absolute atomic E-state index is 0.0568. The quantitative estimate of drug-likeness (QED) is 0.861. The molecular weight excluding hydrogens is 322 g/mol. The normalized spacial score (nSPS) is 21.7. The average molecular weight is 343 g/mol. The maximum absolute atomic E-state index is 12.8. The Labute approximate surface area is 145 Å². The summed E-state index contributed by atoms with van der Waals surface area (Å²) in [5, 5.41) is 1.02. The molecule has 0 saturated carbocycles. The molecule has 0 radical (unpaired) electrons. The van der Waals surface area contributed by atoms with Crippen molar-refractivity contribution in [3.63, 3.8) is 0 Å². The number of rotatable bonds is 3. The van der Waals surface area contributed by atoms with E-state index in [4.69, 9.17) is 4.98 Å². The molecule has 1 atom stereocenters. The molecule has 0 unspecified atom stereocenters. The molecule has 24 heavy (non-hydrogen) atoms. The third kappa shape index (κ3) is 2.90. The third-order valence-electron chi connectivity index (χ3n) is 4.92. The summed E-state index contributed by atoms with van der Waals surface area (Å²) in [7, 11) is 0. The van der Waals surface area contributed by atoms with Gasteiger partial charge >= 0.3 is 0 Å². The lowest BCUT2D eigenvalue weighted by Crippen LogP contribution is -2.44. The van der Waals surface area contributed by atoms with E-state index in [1.54, 1.807) is 16.2 Å². The average Bonchev–Trinajstić information content (AvgIpc) is 3.21. The Morgan fingerprint density at radius 3 is 2.88 bits per heavy atom. The number of carbonyl (C=O) groups is 2. The van der Waals surface area contributed by atoms with Gasteiger partial charge in [0.1, 0.15) is 5.01 Å². The van der Waals surface area contributed by atoms with Crippen LogP contribution in [0.4, 0.5) is 0 Å². The van der Waals surface area contributed by atoms with Gasteiger partial charge in [0.2, 0.25) is 11.8 Å². The molecule has 2 aromatic rings. The van der Waals surface area contributed by atoms with Crippen molar-refractivity contribution in [1.82, 2.24) is 14.8 Å². The van der Waals surface area contributed by atoms with Crippen molar-refractivity contribution in [2.45, 2.75) is 38.1 Å². The van der Waals surface area contributed by atoms with Gasteiger partial charge in [0, 0.05) is 19.5 Å². The monoisotopic (exact) mass is 343 g/mol. The van der Waals surface area contributed by atoms with E-state index in [1.165, 1.54) is 4.70 Å². The van der Waals surface area contributed by atoms with Crippen LogP contribution in [0.15, 0.2) is 24.3 Å². The molecule has 4 rings (SSSR count). The fourth-order valence-electron chi connectivity index (χ4n) is 3.64. The maximum Gasteiger partial charge on any atom is 0.242 e. The standard InChI is InChI=1S/C18H21N3O2S/c22-16-9-5-10-20(16)12-17(23)21-11-4-3-7-14(21)18-19-13-6-1-2-8-15(13)24-18/h1-2,6,8,14H,3-5,7,9-12H2/t14-/m0/s1. The summed E-state index contributed by atoms with van der Waals surface area (Å²) >= 11 is 1.68. The van der Waals surface area contributed by atoms with Crippen LogP contribution in [0.1, 0.15) is 43.2 Å². The molecule has 6 heteroatoms. The highest BCUT2D eigenvalue weighted by atomic mass is 32.1. The van der Waals surface area contributed by atoms with E-state index in [0.717, 1.165) is 42.8 Å². The van der Waals surface area contributed by atoms with Crippen molar-refractivity contribution < 1.29 is 9.59 Å². The predicted octanol–water partition coefficient (Wildman–Crippen LogP) is 2.97. The fourth-order valence-corrected chi connectivity index (χ4v) is 4.76. The molecule has 2 aliphatic rings. The van der Waals surface area contributed by atoms with Crippen molar-refractivity contribution in [1.29, 1.82) is 0 Å². The molecule has 0 bridgehead atoms. The van der Waals surface area contributed by atoms with E-state index < -0.39 is 0 Å². The molecule has 0 aliphatic carbocycles. The molecular formula is C18H21N3O2S. The number of aromatic nitrogens is 1. The van der Waals surface area contributed by atoms with Crippen LogP contribution in [0.25, 0.3) is 10.2 Å². The van der Waals surface area contributed by atoms with E-state index in [-0.39, 0.29) is 24.4 Å². The van der Waals surface area contributed by atoms with Crippen LogP contribution in [-0.4, -0.2) is 46.2 Å². The highest BCUT2D eigenvalue weighted by molar-refractivity contribution is 7.18. The number of hydrogen-bond donors (Lipinski definition) is 0. The van der Waals surface area contributed by atoms with Gasteiger partial charge in [-0.2, -0.15) is 0 Å². The van der Waals surface area contributed by atoms with Crippen molar-refractivity contribution in [3.05, 3.63) is 29.3 Å². The van der Waals surface area contributed by atoms with E-state index in [2.05, 4.69) is 6.07 Å². The Morgan fingerprint density at radius 1 is 1.21 bits per heavy atom. The highest BCUT2D eigenvalue weighted by Gasteiger charge is 2.32. The van der Waals surface area contributed by atoms with Crippen molar-refractivity contribution >= 4 is 33.4 Å². The summed E-state index contributed by atoms with van der Waals surface area (Å²) < 4.78 is 1.17. The Balaban J connectivity index is 1.56. The zero-order valence-electron chi connectivity index (χ0n) is 13.6. The largest absolute Gasteiger partial charge is 0.333 e. The van der Waals surface area contributed by atoms with Crippen LogP contribution in [0.5, 0.6) is 0 Å². The van der Waals surface area contributed by atoms with Gasteiger partial charge in [-0.1, -0.05) is 12.1 Å². The zero-order chi connectivity index (χ0) is 16.5. The van der Waals surface area contributed by atoms with E-state index in [0.29, 0.717) is 13.0 Å². The first kappa shape index (κ1) is 15.6. The molecule has 2 aliphatic heterocycles. The molecule has 3 heterocycles. The molecule has 126 valence electrons. The number of thiazole rings is 1. The maximum atomic E-state index is 12.8. The van der Waals surface area contributed by atoms with Gasteiger partial charge in [-0.15, -0.1) is 11.3 Å². The smallest absolute Gasteiger partial charge is 0.242 e. The molecule has 5 nitrogen and oxygen atoms in total. The van der Waals surface area contributed by atoms with Crippen LogP contribution in [0, 0.1) is 0 Å².